The van der Waals surface area contributed by atoms with Crippen LogP contribution in [0, 0.1) is 5.92 Å². The summed E-state index contributed by atoms with van der Waals surface area (Å²) < 4.78 is 7.61. The van der Waals surface area contributed by atoms with Crippen molar-refractivity contribution in [2.24, 2.45) is 5.92 Å². The van der Waals surface area contributed by atoms with Crippen LogP contribution < -0.4 is 15.6 Å². The number of fused-ring (bicyclic) bond motifs is 1. The fraction of sp³-hybridized carbons (Fsp3) is 0.476. The molecule has 0 spiro atoms. The number of carbonyl (C=O) groups excluding carboxylic acids is 1. The smallest absolute Gasteiger partial charge is 0.404 e. The minimum atomic E-state index is -1.18. The maximum atomic E-state index is 13.1. The van der Waals surface area contributed by atoms with Gasteiger partial charge in [-0.3, -0.25) is 9.59 Å². The minimum absolute atomic E-state index is 0.0566. The van der Waals surface area contributed by atoms with Crippen molar-refractivity contribution in [1.29, 1.82) is 0 Å². The molecule has 2 rings (SSSR count). The Hall–Kier alpha value is -2.83. The summed E-state index contributed by atoms with van der Waals surface area (Å²) in [5.41, 5.74) is 0.736. The van der Waals surface area contributed by atoms with E-state index in [1.165, 1.54) is 6.92 Å². The van der Waals surface area contributed by atoms with Crippen molar-refractivity contribution in [3.05, 3.63) is 39.8 Å². The van der Waals surface area contributed by atoms with Crippen LogP contribution in [0.3, 0.4) is 0 Å². The van der Waals surface area contributed by atoms with Crippen LogP contribution in [0.2, 0.25) is 0 Å². The second-order valence-corrected chi connectivity index (χ2v) is 7.26. The van der Waals surface area contributed by atoms with Crippen LogP contribution in [-0.4, -0.2) is 28.2 Å². The average molecular weight is 388 g/mol. The number of nitrogens with one attached hydrogen (secondary N) is 1. The number of carboxylic acid groups (broad SMARTS) is 1. The average Bonchev–Trinajstić information content (AvgIpc) is 2.63. The zero-order valence-electron chi connectivity index (χ0n) is 16.9. The largest absolute Gasteiger partial charge is 0.491 e. The monoisotopic (exact) mass is 388 g/mol. The molecule has 28 heavy (non-hydrogen) atoms. The Morgan fingerprint density at radius 3 is 2.54 bits per heavy atom. The summed E-state index contributed by atoms with van der Waals surface area (Å²) in [6, 6.07) is 4.94. The van der Waals surface area contributed by atoms with E-state index in [2.05, 4.69) is 5.32 Å². The summed E-state index contributed by atoms with van der Waals surface area (Å²) in [6.07, 6.45) is 0.578. The number of carbonyl (C=O) groups is 2. The lowest BCUT2D eigenvalue weighted by molar-refractivity contribution is 0.101. The fourth-order valence-corrected chi connectivity index (χ4v) is 3.06. The van der Waals surface area contributed by atoms with E-state index < -0.39 is 6.09 Å². The molecule has 0 unspecified atom stereocenters. The van der Waals surface area contributed by atoms with E-state index in [-0.39, 0.29) is 23.8 Å². The molecule has 2 N–H and O–H groups in total. The van der Waals surface area contributed by atoms with Gasteiger partial charge >= 0.3 is 6.09 Å². The molecule has 152 valence electrons. The molecule has 1 heterocycles. The van der Waals surface area contributed by atoms with E-state index in [1.807, 2.05) is 20.8 Å². The highest BCUT2D eigenvalue weighted by Crippen LogP contribution is 2.30. The van der Waals surface area contributed by atoms with E-state index in [0.717, 1.165) is 12.8 Å². The van der Waals surface area contributed by atoms with Crippen LogP contribution in [0.4, 0.5) is 4.79 Å². The molecule has 0 fully saturated rings. The molecule has 0 radical (unpaired) electrons. The van der Waals surface area contributed by atoms with E-state index in [1.54, 1.807) is 22.8 Å². The first-order chi connectivity index (χ1) is 13.3. The number of benzene rings is 1. The Labute approximate surface area is 164 Å². The summed E-state index contributed by atoms with van der Waals surface area (Å²) in [5, 5.41) is 12.4. The molecule has 7 nitrogen and oxygen atoms in total. The molecule has 0 bridgehead atoms. The van der Waals surface area contributed by atoms with Crippen LogP contribution in [0.15, 0.2) is 23.0 Å². The number of Topliss-reactive ketones (excluding diaryl/α,β-unsaturated/α-hetero) is 1. The highest BCUT2D eigenvalue weighted by Gasteiger charge is 2.20. The van der Waals surface area contributed by atoms with Crippen molar-refractivity contribution < 1.29 is 19.4 Å². The number of unbranched alkanes of at least 4 members (excludes halogenated alkanes) is 1. The molecule has 2 aromatic rings. The van der Waals surface area contributed by atoms with Gasteiger partial charge in [0.2, 0.25) is 0 Å². The molecule has 0 atom stereocenters. The van der Waals surface area contributed by atoms with Crippen molar-refractivity contribution in [2.45, 2.75) is 53.6 Å². The van der Waals surface area contributed by atoms with E-state index in [4.69, 9.17) is 9.84 Å². The topological polar surface area (TPSA) is 97.6 Å². The minimum Gasteiger partial charge on any atom is -0.491 e. The van der Waals surface area contributed by atoms with E-state index >= 15 is 0 Å². The Kier molecular flexibility index (Phi) is 7.20. The van der Waals surface area contributed by atoms with Crippen LogP contribution in [-0.2, 0) is 13.1 Å². The summed E-state index contributed by atoms with van der Waals surface area (Å²) in [6.45, 7) is 8.30. The number of nitrogens with zero attached hydrogens (tertiary/aromatic N) is 1. The maximum Gasteiger partial charge on any atom is 0.404 e. The third-order valence-electron chi connectivity index (χ3n) is 4.43. The Bertz CT molecular complexity index is 931. The number of amides is 1. The van der Waals surface area contributed by atoms with Gasteiger partial charge < -0.3 is 19.7 Å². The van der Waals surface area contributed by atoms with Crippen molar-refractivity contribution in [3.8, 4) is 5.75 Å². The maximum absolute atomic E-state index is 13.1. The van der Waals surface area contributed by atoms with Crippen LogP contribution >= 0.6 is 0 Å². The Balaban J connectivity index is 2.79. The third kappa shape index (κ3) is 4.91. The quantitative estimate of drug-likeness (QED) is 0.503. The molecular weight excluding hydrogens is 360 g/mol. The van der Waals surface area contributed by atoms with Gasteiger partial charge in [0.1, 0.15) is 5.75 Å². The SMILES string of the molecule is CCCCOc1c(CNC(=O)O)n(CC(C)C)c(=O)c2ccc(C(C)=O)cc12. The highest BCUT2D eigenvalue weighted by atomic mass is 16.5. The Morgan fingerprint density at radius 2 is 1.96 bits per heavy atom. The lowest BCUT2D eigenvalue weighted by atomic mass is 10.0. The lowest BCUT2D eigenvalue weighted by Gasteiger charge is -2.21. The van der Waals surface area contributed by atoms with Gasteiger partial charge in [0, 0.05) is 17.5 Å². The molecule has 1 aromatic heterocycles. The molecular formula is C21H28N2O5. The van der Waals surface area contributed by atoms with E-state index in [0.29, 0.717) is 40.9 Å². The van der Waals surface area contributed by atoms with Gasteiger partial charge in [0.15, 0.2) is 5.78 Å². The first-order valence-corrected chi connectivity index (χ1v) is 9.56. The summed E-state index contributed by atoms with van der Waals surface area (Å²) in [5.74, 6) is 0.525. The summed E-state index contributed by atoms with van der Waals surface area (Å²) in [4.78, 5) is 36.1. The first-order valence-electron chi connectivity index (χ1n) is 9.56. The predicted octanol–water partition coefficient (Wildman–Crippen LogP) is 3.81. The van der Waals surface area contributed by atoms with Gasteiger partial charge in [-0.25, -0.2) is 4.79 Å². The second-order valence-electron chi connectivity index (χ2n) is 7.26. The zero-order valence-corrected chi connectivity index (χ0v) is 16.9. The molecule has 0 aliphatic rings. The van der Waals surface area contributed by atoms with Crippen LogP contribution in [0.25, 0.3) is 10.8 Å². The highest BCUT2D eigenvalue weighted by molar-refractivity contribution is 6.00. The van der Waals surface area contributed by atoms with Gasteiger partial charge in [-0.05, 0) is 31.4 Å². The molecule has 0 saturated heterocycles. The second kappa shape index (κ2) is 9.39. The summed E-state index contributed by atoms with van der Waals surface area (Å²) in [7, 11) is 0. The van der Waals surface area contributed by atoms with Gasteiger partial charge in [0.25, 0.3) is 5.56 Å². The van der Waals surface area contributed by atoms with Crippen molar-refractivity contribution in [3.63, 3.8) is 0 Å². The number of rotatable bonds is 9. The lowest BCUT2D eigenvalue weighted by Crippen LogP contribution is -2.31. The van der Waals surface area contributed by atoms with Crippen molar-refractivity contribution >= 4 is 22.6 Å². The third-order valence-corrected chi connectivity index (χ3v) is 4.43. The number of ketones is 1. The van der Waals surface area contributed by atoms with Crippen LogP contribution in [0.1, 0.15) is 56.6 Å². The van der Waals surface area contributed by atoms with Crippen molar-refractivity contribution in [1.82, 2.24) is 9.88 Å². The van der Waals surface area contributed by atoms with Gasteiger partial charge in [-0.1, -0.05) is 33.3 Å². The van der Waals surface area contributed by atoms with E-state index in [9.17, 15) is 14.4 Å². The first kappa shape index (κ1) is 21.5. The Morgan fingerprint density at radius 1 is 1.25 bits per heavy atom. The van der Waals surface area contributed by atoms with Gasteiger partial charge in [0.05, 0.1) is 24.2 Å². The molecule has 1 amide bonds. The standard InChI is InChI=1S/C21H28N2O5/c1-5-6-9-28-19-17-10-15(14(4)24)7-8-16(17)20(25)23(12-13(2)3)18(19)11-22-21(26)27/h7-8,10,13,22H,5-6,9,11-12H2,1-4H3,(H,26,27). The molecule has 0 saturated carbocycles. The normalized spacial score (nSPS) is 11.0. The number of aromatic nitrogens is 1. The van der Waals surface area contributed by atoms with Gasteiger partial charge in [-0.2, -0.15) is 0 Å². The van der Waals surface area contributed by atoms with Crippen LogP contribution in [0.5, 0.6) is 5.75 Å². The number of hydrogen-bond donors (Lipinski definition) is 2. The van der Waals surface area contributed by atoms with Crippen molar-refractivity contribution in [2.75, 3.05) is 6.61 Å². The number of hydrogen-bond acceptors (Lipinski definition) is 4. The molecule has 0 aliphatic carbocycles. The number of pyridine rings is 1. The fourth-order valence-electron chi connectivity index (χ4n) is 3.06. The van der Waals surface area contributed by atoms with Gasteiger partial charge in [-0.15, -0.1) is 0 Å². The zero-order chi connectivity index (χ0) is 20.8. The number of ether oxygens (including phenoxy) is 1. The molecule has 1 aromatic carbocycles. The predicted molar refractivity (Wildman–Crippen MR) is 108 cm³/mol. The molecule has 0 aliphatic heterocycles. The summed E-state index contributed by atoms with van der Waals surface area (Å²) >= 11 is 0. The molecule has 7 heteroatoms.